The van der Waals surface area contributed by atoms with Crippen molar-refractivity contribution in [3.05, 3.63) is 53.3 Å². The predicted molar refractivity (Wildman–Crippen MR) is 71.1 cm³/mol. The van der Waals surface area contributed by atoms with Crippen LogP contribution in [-0.2, 0) is 4.74 Å². The van der Waals surface area contributed by atoms with Gasteiger partial charge in [0.05, 0.1) is 12.7 Å². The Kier molecular flexibility index (Phi) is 3.71. The summed E-state index contributed by atoms with van der Waals surface area (Å²) in [6.07, 6.45) is 4.13. The van der Waals surface area contributed by atoms with Gasteiger partial charge in [-0.1, -0.05) is 6.07 Å². The number of hydrogen-bond donors (Lipinski definition) is 0. The first-order chi connectivity index (χ1) is 9.17. The van der Waals surface area contributed by atoms with E-state index < -0.39 is 5.97 Å². The van der Waals surface area contributed by atoms with Crippen molar-refractivity contribution in [2.45, 2.75) is 6.92 Å². The average molecular weight is 255 g/mol. The van der Waals surface area contributed by atoms with Gasteiger partial charge in [0.2, 0.25) is 0 Å². The normalized spacial score (nSPS) is 10.0. The molecule has 0 aliphatic rings. The summed E-state index contributed by atoms with van der Waals surface area (Å²) in [6.45, 7) is 1.94. The summed E-state index contributed by atoms with van der Waals surface area (Å²) in [5.41, 5.74) is 3.45. The smallest absolute Gasteiger partial charge is 0.337 e. The number of rotatable bonds is 3. The third kappa shape index (κ3) is 2.52. The van der Waals surface area contributed by atoms with Gasteiger partial charge in [-0.2, -0.15) is 0 Å². The van der Waals surface area contributed by atoms with Crippen molar-refractivity contribution in [3.8, 4) is 11.1 Å². The van der Waals surface area contributed by atoms with E-state index >= 15 is 0 Å². The largest absolute Gasteiger partial charge is 0.465 e. The van der Waals surface area contributed by atoms with Gasteiger partial charge in [0, 0.05) is 23.5 Å². The summed E-state index contributed by atoms with van der Waals surface area (Å²) in [6, 6.07) is 6.78. The molecule has 1 heterocycles. The van der Waals surface area contributed by atoms with Gasteiger partial charge in [-0.05, 0) is 36.2 Å². The molecule has 0 unspecified atom stereocenters. The molecule has 19 heavy (non-hydrogen) atoms. The van der Waals surface area contributed by atoms with Crippen molar-refractivity contribution in [2.75, 3.05) is 7.11 Å². The maximum absolute atomic E-state index is 11.4. The van der Waals surface area contributed by atoms with Crippen LogP contribution in [0.1, 0.15) is 26.3 Å². The number of nitrogens with zero attached hydrogens (tertiary/aromatic N) is 1. The van der Waals surface area contributed by atoms with Crippen LogP contribution in [0.3, 0.4) is 0 Å². The van der Waals surface area contributed by atoms with Gasteiger partial charge < -0.3 is 4.74 Å². The van der Waals surface area contributed by atoms with Crippen molar-refractivity contribution >= 4 is 12.3 Å². The van der Waals surface area contributed by atoms with Crippen LogP contribution in [0.5, 0.6) is 0 Å². The quantitative estimate of drug-likeness (QED) is 0.625. The molecule has 0 aliphatic heterocycles. The lowest BCUT2D eigenvalue weighted by atomic mass is 9.96. The van der Waals surface area contributed by atoms with Gasteiger partial charge in [-0.3, -0.25) is 9.78 Å². The Balaban J connectivity index is 2.57. The Bertz CT molecular complexity index is 635. The Morgan fingerprint density at radius 3 is 2.68 bits per heavy atom. The minimum absolute atomic E-state index is 0.356. The van der Waals surface area contributed by atoms with Crippen LogP contribution in [0.15, 0.2) is 36.7 Å². The number of carbonyl (C=O) groups is 2. The van der Waals surface area contributed by atoms with E-state index in [0.29, 0.717) is 11.1 Å². The monoisotopic (exact) mass is 255 g/mol. The molecule has 4 nitrogen and oxygen atoms in total. The van der Waals surface area contributed by atoms with Gasteiger partial charge in [0.1, 0.15) is 0 Å². The van der Waals surface area contributed by atoms with Gasteiger partial charge in [-0.25, -0.2) is 4.79 Å². The second-order valence-electron chi connectivity index (χ2n) is 4.10. The fourth-order valence-electron chi connectivity index (χ4n) is 1.90. The van der Waals surface area contributed by atoms with Crippen LogP contribution in [-0.4, -0.2) is 24.3 Å². The predicted octanol–water partition coefficient (Wildman–Crippen LogP) is 2.66. The van der Waals surface area contributed by atoms with Crippen molar-refractivity contribution in [2.24, 2.45) is 0 Å². The molecule has 96 valence electrons. The first-order valence-corrected chi connectivity index (χ1v) is 5.76. The lowest BCUT2D eigenvalue weighted by Gasteiger charge is -2.09. The van der Waals surface area contributed by atoms with E-state index in [1.54, 1.807) is 24.5 Å². The van der Waals surface area contributed by atoms with Crippen LogP contribution >= 0.6 is 0 Å². The molecular formula is C15H13NO3. The zero-order chi connectivity index (χ0) is 13.8. The maximum Gasteiger partial charge on any atom is 0.337 e. The highest BCUT2D eigenvalue weighted by molar-refractivity contribution is 5.95. The number of esters is 1. The summed E-state index contributed by atoms with van der Waals surface area (Å²) >= 11 is 0. The van der Waals surface area contributed by atoms with Gasteiger partial charge in [0.15, 0.2) is 6.29 Å². The molecule has 0 radical (unpaired) electrons. The van der Waals surface area contributed by atoms with E-state index in [1.807, 2.05) is 13.0 Å². The van der Waals surface area contributed by atoms with E-state index in [4.69, 9.17) is 0 Å². The Morgan fingerprint density at radius 2 is 2.05 bits per heavy atom. The minimum atomic E-state index is -0.461. The van der Waals surface area contributed by atoms with Gasteiger partial charge in [-0.15, -0.1) is 0 Å². The molecule has 0 aliphatic carbocycles. The van der Waals surface area contributed by atoms with Crippen LogP contribution in [0.25, 0.3) is 11.1 Å². The Labute approximate surface area is 111 Å². The molecule has 2 aromatic rings. The Morgan fingerprint density at radius 1 is 1.26 bits per heavy atom. The molecule has 0 fully saturated rings. The van der Waals surface area contributed by atoms with E-state index in [0.717, 1.165) is 23.0 Å². The van der Waals surface area contributed by atoms with Gasteiger partial charge >= 0.3 is 5.97 Å². The first-order valence-electron chi connectivity index (χ1n) is 5.76. The molecule has 4 heteroatoms. The van der Waals surface area contributed by atoms with Crippen LogP contribution in [0.2, 0.25) is 0 Å². The van der Waals surface area contributed by atoms with Crippen LogP contribution in [0.4, 0.5) is 0 Å². The number of aromatic nitrogens is 1. The topological polar surface area (TPSA) is 56.3 Å². The third-order valence-electron chi connectivity index (χ3n) is 2.93. The number of benzene rings is 1. The number of aryl methyl sites for hydroxylation is 1. The fourth-order valence-corrected chi connectivity index (χ4v) is 1.90. The maximum atomic E-state index is 11.4. The van der Waals surface area contributed by atoms with Gasteiger partial charge in [0.25, 0.3) is 0 Å². The number of aldehydes is 1. The van der Waals surface area contributed by atoms with E-state index in [9.17, 15) is 9.59 Å². The van der Waals surface area contributed by atoms with E-state index in [2.05, 4.69) is 9.72 Å². The van der Waals surface area contributed by atoms with E-state index in [1.165, 1.54) is 13.2 Å². The lowest BCUT2D eigenvalue weighted by molar-refractivity contribution is 0.0600. The summed E-state index contributed by atoms with van der Waals surface area (Å²) in [7, 11) is 1.31. The summed E-state index contributed by atoms with van der Waals surface area (Å²) in [4.78, 5) is 26.7. The number of ether oxygens (including phenoxy) is 1. The highest BCUT2D eigenvalue weighted by Gasteiger charge is 2.12. The summed E-state index contributed by atoms with van der Waals surface area (Å²) < 4.78 is 4.64. The molecule has 1 aromatic carbocycles. The van der Waals surface area contributed by atoms with Crippen LogP contribution < -0.4 is 0 Å². The summed E-state index contributed by atoms with van der Waals surface area (Å²) in [5, 5.41) is 0. The molecule has 0 spiro atoms. The second-order valence-corrected chi connectivity index (χ2v) is 4.10. The standard InChI is InChI=1S/C15H13NO3/c1-10-5-6-16-8-14(10)13-4-3-11(15(18)19-2)7-12(13)9-17/h3-9H,1-2H3. The molecule has 1 aromatic heterocycles. The minimum Gasteiger partial charge on any atom is -0.465 e. The zero-order valence-corrected chi connectivity index (χ0v) is 10.7. The highest BCUT2D eigenvalue weighted by Crippen LogP contribution is 2.26. The fraction of sp³-hybridized carbons (Fsp3) is 0.133. The SMILES string of the molecule is COC(=O)c1ccc(-c2cnccc2C)c(C=O)c1. The molecule has 0 N–H and O–H groups in total. The second kappa shape index (κ2) is 5.44. The van der Waals surface area contributed by atoms with Crippen molar-refractivity contribution < 1.29 is 14.3 Å². The number of carbonyl (C=O) groups excluding carboxylic acids is 2. The van der Waals surface area contributed by atoms with Crippen molar-refractivity contribution in [1.82, 2.24) is 4.98 Å². The number of pyridine rings is 1. The van der Waals surface area contributed by atoms with Crippen LogP contribution in [0, 0.1) is 6.92 Å². The number of hydrogen-bond acceptors (Lipinski definition) is 4. The highest BCUT2D eigenvalue weighted by atomic mass is 16.5. The Hall–Kier alpha value is -2.49. The van der Waals surface area contributed by atoms with Crippen molar-refractivity contribution in [3.63, 3.8) is 0 Å². The summed E-state index contributed by atoms with van der Waals surface area (Å²) in [5.74, 6) is -0.461. The zero-order valence-electron chi connectivity index (χ0n) is 10.7. The molecule has 0 bridgehead atoms. The molecular weight excluding hydrogens is 242 g/mol. The molecule has 0 amide bonds. The third-order valence-corrected chi connectivity index (χ3v) is 2.93. The lowest BCUT2D eigenvalue weighted by Crippen LogP contribution is -2.02. The molecule has 0 saturated heterocycles. The van der Waals surface area contributed by atoms with Crippen molar-refractivity contribution in [1.29, 1.82) is 0 Å². The molecule has 0 atom stereocenters. The first kappa shape index (κ1) is 13.0. The average Bonchev–Trinajstić information content (AvgIpc) is 2.46. The van der Waals surface area contributed by atoms with E-state index in [-0.39, 0.29) is 0 Å². The number of methoxy groups -OCH3 is 1. The molecule has 2 rings (SSSR count). The molecule has 0 saturated carbocycles.